The maximum Gasteiger partial charge on any atom is 0.277 e. The molecular formula is C17H30N3O2+. The molecule has 0 bridgehead atoms. The van der Waals surface area contributed by atoms with E-state index >= 15 is 0 Å². The number of amides is 2. The lowest BCUT2D eigenvalue weighted by atomic mass is 9.75. The number of nitrogens with two attached hydrogens (primary N) is 1. The van der Waals surface area contributed by atoms with Gasteiger partial charge in [0.15, 0.2) is 6.54 Å². The predicted molar refractivity (Wildman–Crippen MR) is 84.1 cm³/mol. The molecule has 2 aliphatic heterocycles. The summed E-state index contributed by atoms with van der Waals surface area (Å²) in [5.74, 6) is 1.79. The zero-order chi connectivity index (χ0) is 15.5. The minimum Gasteiger partial charge on any atom is -0.369 e. The first kappa shape index (κ1) is 15.8. The molecule has 1 aliphatic carbocycles. The van der Waals surface area contributed by atoms with Crippen LogP contribution in [0.3, 0.4) is 0 Å². The Labute approximate surface area is 133 Å². The molecule has 0 aromatic heterocycles. The van der Waals surface area contributed by atoms with Crippen LogP contribution in [0, 0.1) is 17.8 Å². The van der Waals surface area contributed by atoms with E-state index in [0.717, 1.165) is 50.9 Å². The molecule has 2 atom stereocenters. The summed E-state index contributed by atoms with van der Waals surface area (Å²) in [6.45, 7) is 4.35. The quantitative estimate of drug-likeness (QED) is 0.758. The van der Waals surface area contributed by atoms with Gasteiger partial charge in [-0.1, -0.05) is 19.3 Å². The number of hydrogen-bond acceptors (Lipinski definition) is 2. The standard InChI is InChI=1S/C17H29N3O2/c18-17(22)14-5-8-19(9-6-14)12-16(21)20-10-7-13-3-1-2-4-15(13)11-20/h13-15H,1-12H2,(H2,18,22)/p+1/t13-,15-/m0/s1. The number of primary amides is 1. The molecule has 3 N–H and O–H groups in total. The van der Waals surface area contributed by atoms with Crippen LogP contribution >= 0.6 is 0 Å². The van der Waals surface area contributed by atoms with Crippen molar-refractivity contribution in [1.82, 2.24) is 4.90 Å². The Morgan fingerprint density at radius 2 is 1.68 bits per heavy atom. The fourth-order valence-corrected chi connectivity index (χ4v) is 4.64. The smallest absolute Gasteiger partial charge is 0.277 e. The van der Waals surface area contributed by atoms with Gasteiger partial charge in [0.2, 0.25) is 5.91 Å². The van der Waals surface area contributed by atoms with E-state index in [4.69, 9.17) is 5.73 Å². The fraction of sp³-hybridized carbons (Fsp3) is 0.882. The van der Waals surface area contributed by atoms with Crippen molar-refractivity contribution in [1.29, 1.82) is 0 Å². The van der Waals surface area contributed by atoms with Gasteiger partial charge in [-0.05, 0) is 24.7 Å². The number of piperidine rings is 2. The van der Waals surface area contributed by atoms with Gasteiger partial charge in [-0.25, -0.2) is 0 Å². The molecule has 0 aromatic carbocycles. The Hall–Kier alpha value is -1.10. The van der Waals surface area contributed by atoms with Crippen LogP contribution in [0.1, 0.15) is 44.9 Å². The zero-order valence-corrected chi connectivity index (χ0v) is 13.6. The first-order chi connectivity index (χ1) is 10.6. The molecule has 0 unspecified atom stereocenters. The van der Waals surface area contributed by atoms with Crippen molar-refractivity contribution in [2.45, 2.75) is 44.9 Å². The van der Waals surface area contributed by atoms with Crippen LogP contribution in [-0.2, 0) is 9.59 Å². The zero-order valence-electron chi connectivity index (χ0n) is 13.6. The third kappa shape index (κ3) is 3.62. The normalized spacial score (nSPS) is 35.7. The number of fused-ring (bicyclic) bond motifs is 1. The molecule has 3 fully saturated rings. The molecule has 0 spiro atoms. The Balaban J connectivity index is 1.45. The van der Waals surface area contributed by atoms with Crippen LogP contribution in [0.25, 0.3) is 0 Å². The van der Waals surface area contributed by atoms with E-state index in [1.807, 2.05) is 0 Å². The highest BCUT2D eigenvalue weighted by Gasteiger charge is 2.34. The minimum absolute atomic E-state index is 0.0248. The first-order valence-electron chi connectivity index (χ1n) is 9.04. The molecule has 2 amide bonds. The van der Waals surface area contributed by atoms with Crippen LogP contribution in [0.2, 0.25) is 0 Å². The second-order valence-electron chi connectivity index (χ2n) is 7.54. The molecule has 2 heterocycles. The predicted octanol–water partition coefficient (Wildman–Crippen LogP) is -0.195. The SMILES string of the molecule is NC(=O)C1CC[NH+](CC(=O)N2CC[C@@H]3CCCC[C@H]3C2)CC1. The number of quaternary nitrogens is 1. The summed E-state index contributed by atoms with van der Waals surface area (Å²) in [6, 6.07) is 0. The van der Waals surface area contributed by atoms with Gasteiger partial charge in [0.05, 0.1) is 13.1 Å². The first-order valence-corrected chi connectivity index (χ1v) is 9.04. The van der Waals surface area contributed by atoms with Gasteiger partial charge in [0, 0.05) is 31.8 Å². The molecule has 124 valence electrons. The fourth-order valence-electron chi connectivity index (χ4n) is 4.64. The summed E-state index contributed by atoms with van der Waals surface area (Å²) in [5, 5.41) is 0. The van der Waals surface area contributed by atoms with Gasteiger partial charge in [-0.2, -0.15) is 0 Å². The summed E-state index contributed by atoms with van der Waals surface area (Å²) in [7, 11) is 0. The van der Waals surface area contributed by atoms with Crippen LogP contribution < -0.4 is 10.6 Å². The number of carbonyl (C=O) groups excluding carboxylic acids is 2. The highest BCUT2D eigenvalue weighted by atomic mass is 16.2. The van der Waals surface area contributed by atoms with E-state index in [1.54, 1.807) is 0 Å². The summed E-state index contributed by atoms with van der Waals surface area (Å²) in [5.41, 5.74) is 5.37. The molecule has 5 heteroatoms. The van der Waals surface area contributed by atoms with E-state index in [9.17, 15) is 9.59 Å². The van der Waals surface area contributed by atoms with Gasteiger partial charge in [0.25, 0.3) is 5.91 Å². The summed E-state index contributed by atoms with van der Waals surface area (Å²) >= 11 is 0. The van der Waals surface area contributed by atoms with Crippen molar-refractivity contribution >= 4 is 11.8 Å². The molecule has 2 saturated heterocycles. The number of hydrogen-bond donors (Lipinski definition) is 2. The average Bonchev–Trinajstić information content (AvgIpc) is 2.55. The maximum atomic E-state index is 12.6. The minimum atomic E-state index is -0.176. The molecule has 5 nitrogen and oxygen atoms in total. The summed E-state index contributed by atoms with van der Waals surface area (Å²) in [6.07, 6.45) is 8.29. The lowest BCUT2D eigenvalue weighted by Crippen LogP contribution is -3.14. The van der Waals surface area contributed by atoms with Gasteiger partial charge < -0.3 is 15.5 Å². The summed E-state index contributed by atoms with van der Waals surface area (Å²) in [4.78, 5) is 27.2. The molecule has 0 radical (unpaired) electrons. The number of likely N-dealkylation sites (tertiary alicyclic amines) is 2. The van der Waals surface area contributed by atoms with Crippen molar-refractivity contribution < 1.29 is 14.5 Å². The van der Waals surface area contributed by atoms with Gasteiger partial charge in [-0.15, -0.1) is 0 Å². The molecule has 3 aliphatic rings. The Bertz CT molecular complexity index is 418. The number of nitrogens with one attached hydrogen (secondary N) is 1. The third-order valence-electron chi connectivity index (χ3n) is 6.14. The van der Waals surface area contributed by atoms with E-state index in [0.29, 0.717) is 12.5 Å². The van der Waals surface area contributed by atoms with Crippen molar-refractivity contribution in [3.63, 3.8) is 0 Å². The van der Waals surface area contributed by atoms with Crippen LogP contribution in [0.15, 0.2) is 0 Å². The van der Waals surface area contributed by atoms with Crippen LogP contribution in [0.5, 0.6) is 0 Å². The van der Waals surface area contributed by atoms with Gasteiger partial charge in [0.1, 0.15) is 0 Å². The molecular weight excluding hydrogens is 278 g/mol. The van der Waals surface area contributed by atoms with Gasteiger partial charge in [-0.3, -0.25) is 9.59 Å². The second-order valence-corrected chi connectivity index (χ2v) is 7.54. The summed E-state index contributed by atoms with van der Waals surface area (Å²) < 4.78 is 0. The maximum absolute atomic E-state index is 12.6. The van der Waals surface area contributed by atoms with Crippen molar-refractivity contribution in [3.8, 4) is 0 Å². The number of nitrogens with zero attached hydrogens (tertiary/aromatic N) is 1. The van der Waals surface area contributed by atoms with Gasteiger partial charge >= 0.3 is 0 Å². The van der Waals surface area contributed by atoms with Crippen molar-refractivity contribution in [3.05, 3.63) is 0 Å². The van der Waals surface area contributed by atoms with Crippen molar-refractivity contribution in [2.75, 3.05) is 32.7 Å². The Morgan fingerprint density at radius 3 is 2.36 bits per heavy atom. The molecule has 3 rings (SSSR count). The van der Waals surface area contributed by atoms with Crippen molar-refractivity contribution in [2.24, 2.45) is 23.5 Å². The Morgan fingerprint density at radius 1 is 1.00 bits per heavy atom. The molecule has 1 saturated carbocycles. The van der Waals surface area contributed by atoms with E-state index in [2.05, 4.69) is 4.90 Å². The highest BCUT2D eigenvalue weighted by Crippen LogP contribution is 2.35. The second kappa shape index (κ2) is 6.99. The number of carbonyl (C=O) groups is 2. The lowest BCUT2D eigenvalue weighted by Gasteiger charge is -2.41. The van der Waals surface area contributed by atoms with Crippen LogP contribution in [0.4, 0.5) is 0 Å². The Kier molecular flexibility index (Phi) is 5.01. The number of rotatable bonds is 3. The monoisotopic (exact) mass is 308 g/mol. The molecule has 22 heavy (non-hydrogen) atoms. The van der Waals surface area contributed by atoms with Crippen LogP contribution in [-0.4, -0.2) is 49.4 Å². The van der Waals surface area contributed by atoms with E-state index in [1.165, 1.54) is 37.0 Å². The average molecular weight is 308 g/mol. The largest absolute Gasteiger partial charge is 0.369 e. The van der Waals surface area contributed by atoms with E-state index in [-0.39, 0.29) is 11.8 Å². The highest BCUT2D eigenvalue weighted by molar-refractivity contribution is 5.77. The topological polar surface area (TPSA) is 67.8 Å². The molecule has 0 aromatic rings. The lowest BCUT2D eigenvalue weighted by molar-refractivity contribution is -0.898. The van der Waals surface area contributed by atoms with E-state index < -0.39 is 0 Å². The third-order valence-corrected chi connectivity index (χ3v) is 6.14.